The van der Waals surface area contributed by atoms with Gasteiger partial charge in [-0.05, 0) is 73.3 Å². The van der Waals surface area contributed by atoms with E-state index in [2.05, 4.69) is 10.0 Å². The lowest BCUT2D eigenvalue weighted by atomic mass is 9.88. The summed E-state index contributed by atoms with van der Waals surface area (Å²) in [6.07, 6.45) is 1.01. The Morgan fingerprint density at radius 1 is 0.977 bits per heavy atom. The van der Waals surface area contributed by atoms with Crippen molar-refractivity contribution in [3.63, 3.8) is 0 Å². The van der Waals surface area contributed by atoms with Crippen LogP contribution in [0.15, 0.2) is 82.6 Å². The summed E-state index contributed by atoms with van der Waals surface area (Å²) in [6.45, 7) is 1.30. The van der Waals surface area contributed by atoms with E-state index in [4.69, 9.17) is 9.47 Å². The lowest BCUT2D eigenvalue weighted by molar-refractivity contribution is -0.0312. The van der Waals surface area contributed by atoms with Gasteiger partial charge in [0, 0.05) is 31.7 Å². The summed E-state index contributed by atoms with van der Waals surface area (Å²) in [7, 11) is -5.96. The number of aliphatic hydroxyl groups excluding tert-OH is 2. The van der Waals surface area contributed by atoms with Crippen LogP contribution in [-0.2, 0) is 31.4 Å². The zero-order chi connectivity index (χ0) is 31.4. The van der Waals surface area contributed by atoms with Crippen LogP contribution >= 0.6 is 0 Å². The first kappa shape index (κ1) is 32.5. The minimum absolute atomic E-state index is 0.00303. The third-order valence-corrected chi connectivity index (χ3v) is 11.5. The average Bonchev–Trinajstić information content (AvgIpc) is 3.45. The molecule has 0 radical (unpaired) electrons. The molecule has 2 fully saturated rings. The van der Waals surface area contributed by atoms with Crippen molar-refractivity contribution in [2.24, 2.45) is 0 Å². The summed E-state index contributed by atoms with van der Waals surface area (Å²) in [6, 6.07) is 20.4. The topological polar surface area (TPSA) is 154 Å². The number of rotatable bonds is 12. The Balaban J connectivity index is 1.11. The van der Waals surface area contributed by atoms with Crippen LogP contribution in [0.2, 0.25) is 0 Å². The first-order valence-electron chi connectivity index (χ1n) is 14.6. The molecule has 2 aliphatic rings. The number of sulfonamides is 2. The van der Waals surface area contributed by atoms with Gasteiger partial charge < -0.3 is 25.0 Å². The second-order valence-corrected chi connectivity index (χ2v) is 15.1. The average molecular weight is 646 g/mol. The number of piperidine rings is 1. The van der Waals surface area contributed by atoms with E-state index < -0.39 is 31.8 Å². The summed E-state index contributed by atoms with van der Waals surface area (Å²) in [5.41, 5.74) is 1.95. The van der Waals surface area contributed by atoms with Gasteiger partial charge in [-0.15, -0.1) is 0 Å². The van der Waals surface area contributed by atoms with Crippen LogP contribution in [0.25, 0.3) is 11.1 Å². The monoisotopic (exact) mass is 645 g/mol. The minimum atomic E-state index is -3.70. The van der Waals surface area contributed by atoms with Crippen molar-refractivity contribution >= 4 is 20.0 Å². The molecule has 2 aliphatic heterocycles. The fourth-order valence-corrected chi connectivity index (χ4v) is 7.95. The number of ether oxygens (including phenoxy) is 2. The molecule has 11 nitrogen and oxygen atoms in total. The molecular formula is C31H39N3O8S2. The quantitative estimate of drug-likeness (QED) is 0.232. The highest BCUT2D eigenvalue weighted by Crippen LogP contribution is 2.37. The number of hydrogen-bond acceptors (Lipinski definition) is 9. The number of nitrogens with one attached hydrogen (secondary N) is 2. The molecule has 2 atom stereocenters. The van der Waals surface area contributed by atoms with Gasteiger partial charge in [-0.2, -0.15) is 4.31 Å². The van der Waals surface area contributed by atoms with Gasteiger partial charge in [0.2, 0.25) is 20.0 Å². The maximum absolute atomic E-state index is 13.5. The first-order chi connectivity index (χ1) is 21.0. The molecular weight excluding hydrogens is 606 g/mol. The van der Waals surface area contributed by atoms with Gasteiger partial charge in [-0.3, -0.25) is 0 Å². The Bertz CT molecular complexity index is 1660. The minimum Gasteiger partial charge on any atom is -0.491 e. The zero-order valence-electron chi connectivity index (χ0n) is 24.6. The van der Waals surface area contributed by atoms with E-state index in [1.807, 2.05) is 30.3 Å². The Morgan fingerprint density at radius 2 is 1.66 bits per heavy atom. The highest BCUT2D eigenvalue weighted by atomic mass is 32.2. The van der Waals surface area contributed by atoms with Gasteiger partial charge in [0.15, 0.2) is 0 Å². The molecule has 0 aliphatic carbocycles. The fraction of sp³-hybridized carbons (Fsp3) is 0.419. The summed E-state index contributed by atoms with van der Waals surface area (Å²) in [4.78, 5) is 0.314. The molecule has 2 saturated heterocycles. The molecule has 1 unspecified atom stereocenters. The first-order valence-corrected chi connectivity index (χ1v) is 17.5. The Kier molecular flexibility index (Phi) is 10.1. The molecule has 5 rings (SSSR count). The van der Waals surface area contributed by atoms with Crippen molar-refractivity contribution in [3.8, 4) is 16.9 Å². The summed E-state index contributed by atoms with van der Waals surface area (Å²) in [5.74, 6) is 0.341. The molecule has 0 bridgehead atoms. The van der Waals surface area contributed by atoms with Crippen LogP contribution in [0.1, 0.15) is 24.8 Å². The van der Waals surface area contributed by atoms with Gasteiger partial charge >= 0.3 is 0 Å². The SMILES string of the molecule is CNS(=O)(=O)c1cccc(OC[C@@H](O)CNC2COC3(CCN(S(=O)(=O)c4cccc(-c5cccc(CO)c5)c4)CC3)C2)c1. The molecule has 1 spiro atoms. The second-order valence-electron chi connectivity index (χ2n) is 11.2. The van der Waals surface area contributed by atoms with Crippen molar-refractivity contribution in [1.29, 1.82) is 0 Å². The van der Waals surface area contributed by atoms with E-state index in [-0.39, 0.29) is 35.6 Å². The smallest absolute Gasteiger partial charge is 0.243 e. The van der Waals surface area contributed by atoms with Crippen molar-refractivity contribution in [2.75, 3.05) is 39.9 Å². The number of benzene rings is 3. The van der Waals surface area contributed by atoms with Crippen molar-refractivity contribution in [3.05, 3.63) is 78.4 Å². The fourth-order valence-electron chi connectivity index (χ4n) is 5.70. The van der Waals surface area contributed by atoms with E-state index in [0.717, 1.165) is 16.7 Å². The summed E-state index contributed by atoms with van der Waals surface area (Å²) < 4.78 is 66.7. The Morgan fingerprint density at radius 3 is 2.39 bits per heavy atom. The number of hydrogen-bond donors (Lipinski definition) is 4. The van der Waals surface area contributed by atoms with Gasteiger partial charge in [-0.1, -0.05) is 36.4 Å². The largest absolute Gasteiger partial charge is 0.491 e. The highest BCUT2D eigenvalue weighted by molar-refractivity contribution is 7.89. The standard InChI is InChI=1S/C31H39N3O8S2/c1-32-43(37,38)29-9-4-8-28(17-29)41-22-27(36)19-33-26-18-31(42-21-26)11-13-34(14-12-31)44(39,40)30-10-3-7-25(16-30)24-6-2-5-23(15-24)20-35/h2-10,15-17,26-27,32-33,35-36H,11-14,18-22H2,1H3/t26?,27-/m0/s1. The van der Waals surface area contributed by atoms with Crippen LogP contribution in [0.3, 0.4) is 0 Å². The molecule has 3 aromatic carbocycles. The lowest BCUT2D eigenvalue weighted by Crippen LogP contribution is -2.47. The predicted molar refractivity (Wildman–Crippen MR) is 165 cm³/mol. The highest BCUT2D eigenvalue weighted by Gasteiger charge is 2.44. The Hall–Kier alpha value is -2.88. The van der Waals surface area contributed by atoms with E-state index in [1.165, 1.54) is 23.5 Å². The van der Waals surface area contributed by atoms with E-state index >= 15 is 0 Å². The van der Waals surface area contributed by atoms with Gasteiger partial charge in [0.1, 0.15) is 18.5 Å². The third-order valence-electron chi connectivity index (χ3n) is 8.23. The molecule has 0 amide bonds. The Labute approximate surface area is 258 Å². The summed E-state index contributed by atoms with van der Waals surface area (Å²) >= 11 is 0. The predicted octanol–water partition coefficient (Wildman–Crippen LogP) is 2.10. The molecule has 13 heteroatoms. The maximum Gasteiger partial charge on any atom is 0.243 e. The van der Waals surface area contributed by atoms with E-state index in [9.17, 15) is 27.0 Å². The lowest BCUT2D eigenvalue weighted by Gasteiger charge is -2.38. The summed E-state index contributed by atoms with van der Waals surface area (Å²) in [5, 5.41) is 23.2. The number of aliphatic hydroxyl groups is 2. The van der Waals surface area contributed by atoms with E-state index in [0.29, 0.717) is 44.7 Å². The van der Waals surface area contributed by atoms with Crippen LogP contribution in [-0.4, -0.2) is 89.0 Å². The molecule has 3 aromatic rings. The molecule has 0 aromatic heterocycles. The molecule has 2 heterocycles. The van der Waals surface area contributed by atoms with Gasteiger partial charge in [0.25, 0.3) is 0 Å². The van der Waals surface area contributed by atoms with Crippen LogP contribution in [0, 0.1) is 0 Å². The maximum atomic E-state index is 13.5. The van der Waals surface area contributed by atoms with Gasteiger partial charge in [0.05, 0.1) is 28.6 Å². The van der Waals surface area contributed by atoms with Crippen LogP contribution in [0.4, 0.5) is 0 Å². The second kappa shape index (κ2) is 13.6. The normalized spacial score (nSPS) is 19.7. The number of nitrogens with zero attached hydrogens (tertiary/aromatic N) is 1. The third kappa shape index (κ3) is 7.49. The molecule has 4 N–H and O–H groups in total. The van der Waals surface area contributed by atoms with Crippen LogP contribution < -0.4 is 14.8 Å². The van der Waals surface area contributed by atoms with Crippen molar-refractivity contribution < 1.29 is 36.5 Å². The van der Waals surface area contributed by atoms with Crippen LogP contribution in [0.5, 0.6) is 5.75 Å². The van der Waals surface area contributed by atoms with Crippen molar-refractivity contribution in [1.82, 2.24) is 14.3 Å². The van der Waals surface area contributed by atoms with Gasteiger partial charge in [-0.25, -0.2) is 21.6 Å². The molecule has 238 valence electrons. The molecule has 0 saturated carbocycles. The zero-order valence-corrected chi connectivity index (χ0v) is 26.2. The van der Waals surface area contributed by atoms with Crippen molar-refractivity contribution in [2.45, 2.75) is 53.4 Å². The molecule has 44 heavy (non-hydrogen) atoms. The van der Waals surface area contributed by atoms with E-state index in [1.54, 1.807) is 30.3 Å².